The first kappa shape index (κ1) is 16.4. The number of likely N-dealkylation sites (tertiary alicyclic amines) is 1. The van der Waals surface area contributed by atoms with Crippen LogP contribution in [0, 0.1) is 0 Å². The van der Waals surface area contributed by atoms with Crippen LogP contribution in [0.3, 0.4) is 0 Å². The van der Waals surface area contributed by atoms with Gasteiger partial charge in [-0.15, -0.1) is 0 Å². The second-order valence-electron chi connectivity index (χ2n) is 5.56. The van der Waals surface area contributed by atoms with Gasteiger partial charge >= 0.3 is 0 Å². The molecule has 1 rings (SSSR count). The molecule has 2 N–H and O–H groups in total. The summed E-state index contributed by atoms with van der Waals surface area (Å²) in [7, 11) is 0. The third kappa shape index (κ3) is 4.46. The minimum atomic E-state index is -0.0356. The molecule has 19 heavy (non-hydrogen) atoms. The highest BCUT2D eigenvalue weighted by molar-refractivity contribution is 5.81. The molecule has 4 heteroatoms. The Bertz CT molecular complexity index is 260. The van der Waals surface area contributed by atoms with Crippen molar-refractivity contribution in [2.45, 2.75) is 65.0 Å². The van der Waals surface area contributed by atoms with Crippen LogP contribution in [-0.4, -0.2) is 54.0 Å². The Morgan fingerprint density at radius 2 is 1.79 bits per heavy atom. The summed E-state index contributed by atoms with van der Waals surface area (Å²) in [6, 6.07) is 0.429. The molecule has 1 amide bonds. The number of hydrogen-bond acceptors (Lipinski definition) is 3. The fourth-order valence-electron chi connectivity index (χ4n) is 3.12. The number of amides is 1. The molecule has 1 atom stereocenters. The van der Waals surface area contributed by atoms with Gasteiger partial charge in [0.2, 0.25) is 5.91 Å². The van der Waals surface area contributed by atoms with E-state index in [2.05, 4.69) is 18.7 Å². The Morgan fingerprint density at radius 1 is 1.21 bits per heavy atom. The summed E-state index contributed by atoms with van der Waals surface area (Å²) in [6.07, 6.45) is 5.72. The molecule has 0 aliphatic carbocycles. The summed E-state index contributed by atoms with van der Waals surface area (Å²) < 4.78 is 0. The van der Waals surface area contributed by atoms with Crippen molar-refractivity contribution in [1.82, 2.24) is 9.80 Å². The van der Waals surface area contributed by atoms with E-state index in [1.54, 1.807) is 0 Å². The van der Waals surface area contributed by atoms with Gasteiger partial charge < -0.3 is 10.6 Å². The highest BCUT2D eigenvalue weighted by atomic mass is 16.2. The van der Waals surface area contributed by atoms with E-state index < -0.39 is 0 Å². The minimum absolute atomic E-state index is 0.0356. The van der Waals surface area contributed by atoms with Crippen molar-refractivity contribution in [2.75, 3.05) is 26.2 Å². The number of rotatable bonds is 7. The summed E-state index contributed by atoms with van der Waals surface area (Å²) in [5.74, 6) is 0.292. The first-order chi connectivity index (χ1) is 9.15. The first-order valence-corrected chi connectivity index (χ1v) is 7.90. The van der Waals surface area contributed by atoms with E-state index in [9.17, 15) is 4.79 Å². The highest BCUT2D eigenvalue weighted by Crippen LogP contribution is 2.16. The lowest BCUT2D eigenvalue weighted by molar-refractivity contribution is -0.138. The maximum Gasteiger partial charge on any atom is 0.239 e. The SMILES string of the molecule is CCC(CC)N(CCN)C(C)C(=O)N1CCCCC1. The monoisotopic (exact) mass is 269 g/mol. The Labute approximate surface area is 118 Å². The van der Waals surface area contributed by atoms with Gasteiger partial charge in [0.15, 0.2) is 0 Å². The molecule has 1 fully saturated rings. The third-order valence-electron chi connectivity index (χ3n) is 4.32. The number of hydrogen-bond donors (Lipinski definition) is 1. The van der Waals surface area contributed by atoms with Crippen LogP contribution < -0.4 is 5.73 Å². The first-order valence-electron chi connectivity index (χ1n) is 7.90. The molecule has 0 aromatic rings. The molecule has 1 saturated heterocycles. The average Bonchev–Trinajstić information content (AvgIpc) is 2.47. The second kappa shape index (κ2) is 8.54. The van der Waals surface area contributed by atoms with Crippen LogP contribution >= 0.6 is 0 Å². The van der Waals surface area contributed by atoms with Gasteiger partial charge in [0.05, 0.1) is 6.04 Å². The Hall–Kier alpha value is -0.610. The maximum absolute atomic E-state index is 12.6. The van der Waals surface area contributed by atoms with Gasteiger partial charge in [0.25, 0.3) is 0 Å². The molecular weight excluding hydrogens is 238 g/mol. The average molecular weight is 269 g/mol. The topological polar surface area (TPSA) is 49.6 Å². The quantitative estimate of drug-likeness (QED) is 0.767. The number of nitrogens with zero attached hydrogens (tertiary/aromatic N) is 2. The summed E-state index contributed by atoms with van der Waals surface area (Å²) in [6.45, 7) is 9.72. The molecule has 0 saturated carbocycles. The highest BCUT2D eigenvalue weighted by Gasteiger charge is 2.29. The molecule has 1 aliphatic rings. The number of carbonyl (C=O) groups excluding carboxylic acids is 1. The van der Waals surface area contributed by atoms with E-state index in [0.717, 1.165) is 45.3 Å². The lowest BCUT2D eigenvalue weighted by Crippen LogP contribution is -2.53. The molecule has 4 nitrogen and oxygen atoms in total. The summed E-state index contributed by atoms with van der Waals surface area (Å²) >= 11 is 0. The van der Waals surface area contributed by atoms with E-state index in [1.165, 1.54) is 6.42 Å². The molecule has 0 aromatic heterocycles. The van der Waals surface area contributed by atoms with Crippen molar-refractivity contribution in [2.24, 2.45) is 5.73 Å². The van der Waals surface area contributed by atoms with Gasteiger partial charge in [0.1, 0.15) is 0 Å². The van der Waals surface area contributed by atoms with Gasteiger partial charge in [-0.1, -0.05) is 13.8 Å². The van der Waals surface area contributed by atoms with Crippen LogP contribution in [0.1, 0.15) is 52.9 Å². The molecule has 0 aromatic carbocycles. The molecule has 1 heterocycles. The lowest BCUT2D eigenvalue weighted by atomic mass is 10.1. The zero-order valence-electron chi connectivity index (χ0n) is 12.9. The van der Waals surface area contributed by atoms with Gasteiger partial charge in [-0.05, 0) is 39.0 Å². The molecule has 0 bridgehead atoms. The smallest absolute Gasteiger partial charge is 0.239 e. The fraction of sp³-hybridized carbons (Fsp3) is 0.933. The largest absolute Gasteiger partial charge is 0.341 e. The Balaban J connectivity index is 2.68. The van der Waals surface area contributed by atoms with Gasteiger partial charge in [0, 0.05) is 32.2 Å². The van der Waals surface area contributed by atoms with E-state index in [0.29, 0.717) is 18.5 Å². The van der Waals surface area contributed by atoms with Gasteiger partial charge in [-0.3, -0.25) is 9.69 Å². The molecule has 1 aliphatic heterocycles. The van der Waals surface area contributed by atoms with Crippen molar-refractivity contribution in [3.05, 3.63) is 0 Å². The van der Waals surface area contributed by atoms with Crippen molar-refractivity contribution in [1.29, 1.82) is 0 Å². The van der Waals surface area contributed by atoms with E-state index in [1.807, 2.05) is 11.8 Å². The summed E-state index contributed by atoms with van der Waals surface area (Å²) in [5.41, 5.74) is 5.73. The van der Waals surface area contributed by atoms with Crippen molar-refractivity contribution < 1.29 is 4.79 Å². The minimum Gasteiger partial charge on any atom is -0.341 e. The number of carbonyl (C=O) groups is 1. The van der Waals surface area contributed by atoms with Crippen molar-refractivity contribution in [3.8, 4) is 0 Å². The van der Waals surface area contributed by atoms with Crippen LogP contribution in [0.5, 0.6) is 0 Å². The molecule has 112 valence electrons. The molecular formula is C15H31N3O. The zero-order valence-corrected chi connectivity index (χ0v) is 12.9. The van der Waals surface area contributed by atoms with Crippen LogP contribution in [0.2, 0.25) is 0 Å². The van der Waals surface area contributed by atoms with Gasteiger partial charge in [-0.2, -0.15) is 0 Å². The number of nitrogens with two attached hydrogens (primary N) is 1. The zero-order chi connectivity index (χ0) is 14.3. The van der Waals surface area contributed by atoms with Crippen molar-refractivity contribution in [3.63, 3.8) is 0 Å². The fourth-order valence-corrected chi connectivity index (χ4v) is 3.12. The maximum atomic E-state index is 12.6. The van der Waals surface area contributed by atoms with Crippen LogP contribution in [0.25, 0.3) is 0 Å². The summed E-state index contributed by atoms with van der Waals surface area (Å²) in [4.78, 5) is 16.9. The molecule has 1 unspecified atom stereocenters. The van der Waals surface area contributed by atoms with E-state index in [-0.39, 0.29) is 6.04 Å². The molecule has 0 radical (unpaired) electrons. The van der Waals surface area contributed by atoms with Crippen LogP contribution in [0.15, 0.2) is 0 Å². The predicted octanol–water partition coefficient (Wildman–Crippen LogP) is 1.84. The summed E-state index contributed by atoms with van der Waals surface area (Å²) in [5, 5.41) is 0. The number of piperidine rings is 1. The van der Waals surface area contributed by atoms with Crippen LogP contribution in [0.4, 0.5) is 0 Å². The lowest BCUT2D eigenvalue weighted by Gasteiger charge is -2.38. The predicted molar refractivity (Wildman–Crippen MR) is 80.0 cm³/mol. The van der Waals surface area contributed by atoms with E-state index in [4.69, 9.17) is 5.73 Å². The Morgan fingerprint density at radius 3 is 2.26 bits per heavy atom. The second-order valence-corrected chi connectivity index (χ2v) is 5.56. The third-order valence-corrected chi connectivity index (χ3v) is 4.32. The van der Waals surface area contributed by atoms with E-state index >= 15 is 0 Å². The molecule has 0 spiro atoms. The standard InChI is InChI=1S/C15H31N3O/c1-4-14(5-2)18(12-9-16)13(3)15(19)17-10-7-6-8-11-17/h13-14H,4-12,16H2,1-3H3. The van der Waals surface area contributed by atoms with Crippen LogP contribution in [-0.2, 0) is 4.79 Å². The van der Waals surface area contributed by atoms with Gasteiger partial charge in [-0.25, -0.2) is 0 Å². The van der Waals surface area contributed by atoms with Crippen molar-refractivity contribution >= 4 is 5.91 Å². The Kier molecular flexibility index (Phi) is 7.39. The normalized spacial score (nSPS) is 18.1.